The molecule has 1 aliphatic rings. The average molecular weight is 222 g/mol. The third kappa shape index (κ3) is 2.47. The van der Waals surface area contributed by atoms with Crippen LogP contribution < -0.4 is 11.3 Å². The number of aromatic nitrogens is 1. The molecule has 0 bridgehead atoms. The Balaban J connectivity index is 2.04. The molecule has 2 rings (SSSR count). The van der Waals surface area contributed by atoms with Gasteiger partial charge in [0.1, 0.15) is 6.61 Å². The zero-order valence-electron chi connectivity index (χ0n) is 8.85. The number of hydrogen-bond donors (Lipinski definition) is 2. The first-order valence-electron chi connectivity index (χ1n) is 5.06. The van der Waals surface area contributed by atoms with E-state index in [2.05, 4.69) is 10.4 Å². The molecule has 1 amide bonds. The van der Waals surface area contributed by atoms with Crippen molar-refractivity contribution in [2.24, 2.45) is 5.84 Å². The third-order valence-electron chi connectivity index (χ3n) is 2.42. The van der Waals surface area contributed by atoms with Crippen LogP contribution in [-0.2, 0) is 16.1 Å². The lowest BCUT2D eigenvalue weighted by Gasteiger charge is -2.26. The SMILES string of the molecule is NNc1ccnc(CN2CCOCC2=O)c1. The maximum absolute atomic E-state index is 11.5. The second-order valence-electron chi connectivity index (χ2n) is 3.55. The smallest absolute Gasteiger partial charge is 0.248 e. The van der Waals surface area contributed by atoms with Gasteiger partial charge in [-0.1, -0.05) is 0 Å². The fourth-order valence-corrected chi connectivity index (χ4v) is 1.57. The Hall–Kier alpha value is -1.66. The van der Waals surface area contributed by atoms with Crippen LogP contribution in [0, 0.1) is 0 Å². The van der Waals surface area contributed by atoms with E-state index in [1.54, 1.807) is 17.2 Å². The summed E-state index contributed by atoms with van der Waals surface area (Å²) in [5.41, 5.74) is 4.14. The van der Waals surface area contributed by atoms with Gasteiger partial charge in [-0.3, -0.25) is 15.6 Å². The van der Waals surface area contributed by atoms with Gasteiger partial charge < -0.3 is 15.1 Å². The van der Waals surface area contributed by atoms with E-state index in [-0.39, 0.29) is 12.5 Å². The molecule has 1 aromatic heterocycles. The zero-order chi connectivity index (χ0) is 11.4. The average Bonchev–Trinajstić information content (AvgIpc) is 2.32. The standard InChI is InChI=1S/C10H14N4O2/c11-13-8-1-2-12-9(5-8)6-14-3-4-16-7-10(14)15/h1-2,5H,3-4,6-7,11H2,(H,12,13). The summed E-state index contributed by atoms with van der Waals surface area (Å²) in [7, 11) is 0. The third-order valence-corrected chi connectivity index (χ3v) is 2.42. The summed E-state index contributed by atoms with van der Waals surface area (Å²) in [4.78, 5) is 17.4. The number of carbonyl (C=O) groups is 1. The summed E-state index contributed by atoms with van der Waals surface area (Å²) < 4.78 is 5.05. The van der Waals surface area contributed by atoms with Crippen LogP contribution in [0.25, 0.3) is 0 Å². The first-order chi connectivity index (χ1) is 7.79. The Morgan fingerprint density at radius 1 is 1.62 bits per heavy atom. The van der Waals surface area contributed by atoms with Crippen molar-refractivity contribution in [2.45, 2.75) is 6.54 Å². The molecule has 6 nitrogen and oxygen atoms in total. The second-order valence-corrected chi connectivity index (χ2v) is 3.55. The molecule has 0 aromatic carbocycles. The van der Waals surface area contributed by atoms with Crippen molar-refractivity contribution in [2.75, 3.05) is 25.2 Å². The zero-order valence-corrected chi connectivity index (χ0v) is 8.85. The molecule has 3 N–H and O–H groups in total. The predicted octanol–water partition coefficient (Wildman–Crippen LogP) is -0.274. The van der Waals surface area contributed by atoms with Crippen molar-refractivity contribution in [3.63, 3.8) is 0 Å². The minimum Gasteiger partial charge on any atom is -0.370 e. The number of anilines is 1. The van der Waals surface area contributed by atoms with Crippen LogP contribution in [-0.4, -0.2) is 35.5 Å². The Bertz CT molecular complexity index is 383. The number of morpholine rings is 1. The molecule has 1 saturated heterocycles. The fraction of sp³-hybridized carbons (Fsp3) is 0.400. The summed E-state index contributed by atoms with van der Waals surface area (Å²) >= 11 is 0. The van der Waals surface area contributed by atoms with Gasteiger partial charge >= 0.3 is 0 Å². The minimum atomic E-state index is -0.000777. The number of amides is 1. The molecular formula is C10H14N4O2. The van der Waals surface area contributed by atoms with Crippen LogP contribution in [0.2, 0.25) is 0 Å². The summed E-state index contributed by atoms with van der Waals surface area (Å²) in [6, 6.07) is 3.59. The number of nitrogens with one attached hydrogen (secondary N) is 1. The van der Waals surface area contributed by atoms with E-state index in [0.29, 0.717) is 19.7 Å². The van der Waals surface area contributed by atoms with Gasteiger partial charge in [-0.2, -0.15) is 0 Å². The van der Waals surface area contributed by atoms with Crippen LogP contribution in [0.5, 0.6) is 0 Å². The van der Waals surface area contributed by atoms with Crippen LogP contribution in [0.1, 0.15) is 5.69 Å². The molecule has 0 spiro atoms. The molecule has 0 saturated carbocycles. The quantitative estimate of drug-likeness (QED) is 0.543. The van der Waals surface area contributed by atoms with Gasteiger partial charge in [-0.05, 0) is 12.1 Å². The Morgan fingerprint density at radius 2 is 2.50 bits per heavy atom. The number of hydrogen-bond acceptors (Lipinski definition) is 5. The maximum Gasteiger partial charge on any atom is 0.248 e. The van der Waals surface area contributed by atoms with Crippen molar-refractivity contribution in [3.8, 4) is 0 Å². The van der Waals surface area contributed by atoms with E-state index in [0.717, 1.165) is 11.4 Å². The van der Waals surface area contributed by atoms with Gasteiger partial charge in [0.2, 0.25) is 5.91 Å². The second kappa shape index (κ2) is 4.91. The van der Waals surface area contributed by atoms with Gasteiger partial charge in [0.05, 0.1) is 24.5 Å². The highest BCUT2D eigenvalue weighted by Gasteiger charge is 2.18. The molecule has 16 heavy (non-hydrogen) atoms. The van der Waals surface area contributed by atoms with E-state index in [1.807, 2.05) is 6.07 Å². The maximum atomic E-state index is 11.5. The topological polar surface area (TPSA) is 80.5 Å². The van der Waals surface area contributed by atoms with Crippen LogP contribution in [0.4, 0.5) is 5.69 Å². The summed E-state index contributed by atoms with van der Waals surface area (Å²) in [5, 5.41) is 0. The van der Waals surface area contributed by atoms with Crippen molar-refractivity contribution >= 4 is 11.6 Å². The monoisotopic (exact) mass is 222 g/mol. The highest BCUT2D eigenvalue weighted by atomic mass is 16.5. The summed E-state index contributed by atoms with van der Waals surface area (Å²) in [6.45, 7) is 1.86. The highest BCUT2D eigenvalue weighted by Crippen LogP contribution is 2.10. The van der Waals surface area contributed by atoms with E-state index in [1.165, 1.54) is 0 Å². The lowest BCUT2D eigenvalue weighted by molar-refractivity contribution is -0.143. The molecule has 0 atom stereocenters. The normalized spacial score (nSPS) is 16.3. The number of nitrogen functional groups attached to an aromatic ring is 1. The summed E-state index contributed by atoms with van der Waals surface area (Å²) in [5.74, 6) is 5.30. The number of nitrogens with two attached hydrogens (primary N) is 1. The predicted molar refractivity (Wildman–Crippen MR) is 58.3 cm³/mol. The number of nitrogens with zero attached hydrogens (tertiary/aromatic N) is 2. The highest BCUT2D eigenvalue weighted by molar-refractivity contribution is 5.77. The number of hydrazine groups is 1. The van der Waals surface area contributed by atoms with Gasteiger partial charge in [0.15, 0.2) is 0 Å². The van der Waals surface area contributed by atoms with Crippen molar-refractivity contribution < 1.29 is 9.53 Å². The lowest BCUT2D eigenvalue weighted by Crippen LogP contribution is -2.41. The first-order valence-corrected chi connectivity index (χ1v) is 5.06. The molecule has 86 valence electrons. The van der Waals surface area contributed by atoms with E-state index in [4.69, 9.17) is 10.6 Å². The van der Waals surface area contributed by atoms with Crippen molar-refractivity contribution in [1.29, 1.82) is 0 Å². The molecule has 0 unspecified atom stereocenters. The lowest BCUT2D eigenvalue weighted by atomic mass is 10.3. The molecule has 0 aliphatic carbocycles. The van der Waals surface area contributed by atoms with E-state index in [9.17, 15) is 4.79 Å². The number of ether oxygens (including phenoxy) is 1. The first kappa shape index (κ1) is 10.8. The van der Waals surface area contributed by atoms with E-state index < -0.39 is 0 Å². The molecule has 0 radical (unpaired) electrons. The number of carbonyl (C=O) groups excluding carboxylic acids is 1. The van der Waals surface area contributed by atoms with Gasteiger partial charge in [0.25, 0.3) is 0 Å². The van der Waals surface area contributed by atoms with Gasteiger partial charge in [0, 0.05) is 12.7 Å². The minimum absolute atomic E-state index is 0.000777. The Kier molecular flexibility index (Phi) is 3.33. The van der Waals surface area contributed by atoms with Crippen LogP contribution >= 0.6 is 0 Å². The molecule has 2 heterocycles. The summed E-state index contributed by atoms with van der Waals surface area (Å²) in [6.07, 6.45) is 1.66. The number of pyridine rings is 1. The molecular weight excluding hydrogens is 208 g/mol. The van der Waals surface area contributed by atoms with Crippen LogP contribution in [0.3, 0.4) is 0 Å². The fourth-order valence-electron chi connectivity index (χ4n) is 1.57. The van der Waals surface area contributed by atoms with Crippen LogP contribution in [0.15, 0.2) is 18.3 Å². The van der Waals surface area contributed by atoms with Gasteiger partial charge in [-0.15, -0.1) is 0 Å². The molecule has 1 aliphatic heterocycles. The Labute approximate surface area is 93.4 Å². The largest absolute Gasteiger partial charge is 0.370 e. The Morgan fingerprint density at radius 3 is 3.25 bits per heavy atom. The molecule has 6 heteroatoms. The van der Waals surface area contributed by atoms with E-state index >= 15 is 0 Å². The van der Waals surface area contributed by atoms with Crippen molar-refractivity contribution in [3.05, 3.63) is 24.0 Å². The van der Waals surface area contributed by atoms with Crippen molar-refractivity contribution in [1.82, 2.24) is 9.88 Å². The number of rotatable bonds is 3. The molecule has 1 aromatic rings. The molecule has 1 fully saturated rings. The van der Waals surface area contributed by atoms with Gasteiger partial charge in [-0.25, -0.2) is 0 Å².